The van der Waals surface area contributed by atoms with Crippen LogP contribution in [0.25, 0.3) is 0 Å². The minimum absolute atomic E-state index is 0.282. The van der Waals surface area contributed by atoms with E-state index < -0.39 is 0 Å². The van der Waals surface area contributed by atoms with E-state index in [1.54, 1.807) is 13.0 Å². The smallest absolute Gasteiger partial charge is 0.342 e. The van der Waals surface area contributed by atoms with Crippen LogP contribution in [0.4, 0.5) is 0 Å². The summed E-state index contributed by atoms with van der Waals surface area (Å²) in [6.07, 6.45) is 1.44. The summed E-state index contributed by atoms with van der Waals surface area (Å²) >= 11 is 0. The van der Waals surface area contributed by atoms with E-state index in [1.807, 2.05) is 6.92 Å². The van der Waals surface area contributed by atoms with Crippen molar-refractivity contribution < 1.29 is 14.3 Å². The highest BCUT2D eigenvalue weighted by molar-refractivity contribution is 5.77. The fraction of sp³-hybridized carbons (Fsp3) is 0.571. The summed E-state index contributed by atoms with van der Waals surface area (Å²) in [5.41, 5.74) is 0. The summed E-state index contributed by atoms with van der Waals surface area (Å²) in [6.45, 7) is 4.06. The summed E-state index contributed by atoms with van der Waals surface area (Å²) in [6, 6.07) is 0. The Morgan fingerprint density at radius 3 is 2.80 bits per heavy atom. The van der Waals surface area contributed by atoms with Crippen LogP contribution in [0.15, 0.2) is 11.8 Å². The van der Waals surface area contributed by atoms with Gasteiger partial charge in [-0.3, -0.25) is 0 Å². The normalized spacial score (nSPS) is 24.2. The van der Waals surface area contributed by atoms with Gasteiger partial charge >= 0.3 is 5.97 Å². The lowest BCUT2D eigenvalue weighted by Gasteiger charge is -1.98. The first-order valence-electron chi connectivity index (χ1n) is 3.20. The van der Waals surface area contributed by atoms with E-state index in [2.05, 4.69) is 0 Å². The summed E-state index contributed by atoms with van der Waals surface area (Å²) in [5.74, 6) is 0.344. The molecule has 0 bridgehead atoms. The molecule has 0 aromatic rings. The second-order valence-corrected chi connectivity index (χ2v) is 2.14. The van der Waals surface area contributed by atoms with Crippen LogP contribution in [-0.4, -0.2) is 18.7 Å². The Morgan fingerprint density at radius 2 is 2.40 bits per heavy atom. The van der Waals surface area contributed by atoms with Gasteiger partial charge in [0, 0.05) is 0 Å². The summed E-state index contributed by atoms with van der Waals surface area (Å²) in [5, 5.41) is 0. The standard InChI is InChI=1S/C7H10O3/c1-3-5(2)10-7(8)6-4-9-6/h3,6H,4H2,1-2H3/b5-3+. The fourth-order valence-electron chi connectivity index (χ4n) is 0.468. The highest BCUT2D eigenvalue weighted by atomic mass is 16.6. The average Bonchev–Trinajstić information content (AvgIpc) is 2.68. The van der Waals surface area contributed by atoms with Crippen molar-refractivity contribution in [2.24, 2.45) is 0 Å². The van der Waals surface area contributed by atoms with Crippen LogP contribution < -0.4 is 0 Å². The lowest BCUT2D eigenvalue weighted by molar-refractivity contribution is -0.140. The highest BCUT2D eigenvalue weighted by Crippen LogP contribution is 2.12. The predicted molar refractivity (Wildman–Crippen MR) is 35.3 cm³/mol. The first-order valence-corrected chi connectivity index (χ1v) is 3.20. The number of allylic oxidation sites excluding steroid dienone is 2. The molecule has 1 rings (SSSR count). The molecule has 10 heavy (non-hydrogen) atoms. The van der Waals surface area contributed by atoms with Gasteiger partial charge in [-0.15, -0.1) is 0 Å². The third-order valence-electron chi connectivity index (χ3n) is 1.26. The Bertz CT molecular complexity index is 168. The number of carbonyl (C=O) groups excluding carboxylic acids is 1. The van der Waals surface area contributed by atoms with Gasteiger partial charge < -0.3 is 9.47 Å². The van der Waals surface area contributed by atoms with Gasteiger partial charge in [0.2, 0.25) is 0 Å². The SMILES string of the molecule is C/C=C(\C)OC(=O)C1CO1. The monoisotopic (exact) mass is 142 g/mol. The zero-order chi connectivity index (χ0) is 7.56. The van der Waals surface area contributed by atoms with E-state index >= 15 is 0 Å². The second kappa shape index (κ2) is 2.84. The third kappa shape index (κ3) is 1.84. The van der Waals surface area contributed by atoms with E-state index in [-0.39, 0.29) is 12.1 Å². The Hall–Kier alpha value is -0.830. The lowest BCUT2D eigenvalue weighted by Crippen LogP contribution is -2.09. The Labute approximate surface area is 59.6 Å². The zero-order valence-corrected chi connectivity index (χ0v) is 6.09. The molecule has 3 heteroatoms. The van der Waals surface area contributed by atoms with Crippen LogP contribution in [0.1, 0.15) is 13.8 Å². The van der Waals surface area contributed by atoms with Crippen LogP contribution >= 0.6 is 0 Å². The average molecular weight is 142 g/mol. The van der Waals surface area contributed by atoms with Gasteiger partial charge in [0.1, 0.15) is 5.76 Å². The fourth-order valence-corrected chi connectivity index (χ4v) is 0.468. The van der Waals surface area contributed by atoms with Gasteiger partial charge in [0.05, 0.1) is 6.61 Å². The first kappa shape index (κ1) is 7.28. The van der Waals surface area contributed by atoms with Crippen molar-refractivity contribution in [2.45, 2.75) is 20.0 Å². The predicted octanol–water partition coefficient (Wildman–Crippen LogP) is 0.852. The van der Waals surface area contributed by atoms with E-state index in [9.17, 15) is 4.79 Å². The van der Waals surface area contributed by atoms with Gasteiger partial charge in [-0.1, -0.05) is 0 Å². The summed E-state index contributed by atoms with van der Waals surface area (Å²) < 4.78 is 9.53. The van der Waals surface area contributed by atoms with Crippen molar-refractivity contribution in [3.8, 4) is 0 Å². The molecular weight excluding hydrogens is 132 g/mol. The quantitative estimate of drug-likeness (QED) is 0.326. The Balaban J connectivity index is 2.30. The number of rotatable bonds is 2. The van der Waals surface area contributed by atoms with E-state index in [0.717, 1.165) is 0 Å². The van der Waals surface area contributed by atoms with Crippen LogP contribution in [0.2, 0.25) is 0 Å². The Kier molecular flexibility index (Phi) is 2.06. The Morgan fingerprint density at radius 1 is 1.80 bits per heavy atom. The molecule has 1 unspecified atom stereocenters. The van der Waals surface area contributed by atoms with Crippen LogP contribution in [0.5, 0.6) is 0 Å². The van der Waals surface area contributed by atoms with Crippen LogP contribution in [0.3, 0.4) is 0 Å². The molecule has 0 aromatic heterocycles. The minimum Gasteiger partial charge on any atom is -0.430 e. The third-order valence-corrected chi connectivity index (χ3v) is 1.26. The molecule has 1 saturated heterocycles. The van der Waals surface area contributed by atoms with Crippen molar-refractivity contribution >= 4 is 5.97 Å². The maximum atomic E-state index is 10.8. The molecule has 3 nitrogen and oxygen atoms in total. The van der Waals surface area contributed by atoms with E-state index in [0.29, 0.717) is 12.4 Å². The molecule has 56 valence electrons. The van der Waals surface area contributed by atoms with Crippen molar-refractivity contribution in [1.29, 1.82) is 0 Å². The molecule has 0 radical (unpaired) electrons. The van der Waals surface area contributed by atoms with Gasteiger partial charge in [0.15, 0.2) is 6.10 Å². The zero-order valence-electron chi connectivity index (χ0n) is 6.09. The van der Waals surface area contributed by atoms with E-state index in [4.69, 9.17) is 9.47 Å². The van der Waals surface area contributed by atoms with Crippen molar-refractivity contribution in [2.75, 3.05) is 6.61 Å². The van der Waals surface area contributed by atoms with Crippen molar-refractivity contribution in [3.05, 3.63) is 11.8 Å². The van der Waals surface area contributed by atoms with Crippen LogP contribution in [-0.2, 0) is 14.3 Å². The van der Waals surface area contributed by atoms with Crippen molar-refractivity contribution in [1.82, 2.24) is 0 Å². The van der Waals surface area contributed by atoms with Gasteiger partial charge in [-0.25, -0.2) is 4.79 Å². The van der Waals surface area contributed by atoms with Gasteiger partial charge in [0.25, 0.3) is 0 Å². The minimum atomic E-state index is -0.296. The first-order chi connectivity index (χ1) is 4.74. The number of hydrogen-bond donors (Lipinski definition) is 0. The second-order valence-electron chi connectivity index (χ2n) is 2.14. The number of ether oxygens (including phenoxy) is 2. The molecule has 1 aliphatic heterocycles. The molecule has 0 saturated carbocycles. The molecule has 0 aromatic carbocycles. The van der Waals surface area contributed by atoms with Crippen molar-refractivity contribution in [3.63, 3.8) is 0 Å². The lowest BCUT2D eigenvalue weighted by atomic mass is 10.5. The summed E-state index contributed by atoms with van der Waals surface area (Å²) in [7, 11) is 0. The molecular formula is C7H10O3. The van der Waals surface area contributed by atoms with E-state index in [1.165, 1.54) is 0 Å². The van der Waals surface area contributed by atoms with Gasteiger partial charge in [-0.2, -0.15) is 0 Å². The molecule has 1 heterocycles. The largest absolute Gasteiger partial charge is 0.430 e. The molecule has 0 N–H and O–H groups in total. The number of esters is 1. The maximum absolute atomic E-state index is 10.8. The molecule has 0 aliphatic carbocycles. The van der Waals surface area contributed by atoms with Gasteiger partial charge in [-0.05, 0) is 19.9 Å². The molecule has 1 atom stereocenters. The highest BCUT2D eigenvalue weighted by Gasteiger charge is 2.33. The number of carbonyl (C=O) groups is 1. The maximum Gasteiger partial charge on any atom is 0.342 e. The number of hydrogen-bond acceptors (Lipinski definition) is 3. The summed E-state index contributed by atoms with van der Waals surface area (Å²) in [4.78, 5) is 10.8. The van der Waals surface area contributed by atoms with Crippen LogP contribution in [0, 0.1) is 0 Å². The topological polar surface area (TPSA) is 38.8 Å². The molecule has 1 aliphatic rings. The molecule has 0 amide bonds. The molecule has 1 fully saturated rings. The number of epoxide rings is 1. The molecule has 0 spiro atoms.